The van der Waals surface area contributed by atoms with Gasteiger partial charge in [0.1, 0.15) is 0 Å². The monoisotopic (exact) mass is 282 g/mol. The molecule has 1 fully saturated rings. The van der Waals surface area contributed by atoms with E-state index in [0.29, 0.717) is 19.3 Å². The number of urea groups is 1. The summed E-state index contributed by atoms with van der Waals surface area (Å²) in [6, 6.07) is -1.13. The van der Waals surface area contributed by atoms with Crippen LogP contribution in [-0.4, -0.2) is 35.4 Å². The van der Waals surface area contributed by atoms with Gasteiger partial charge in [0.25, 0.3) is 0 Å². The zero-order valence-corrected chi connectivity index (χ0v) is 10.5. The van der Waals surface area contributed by atoms with E-state index in [0.717, 1.165) is 19.3 Å². The third kappa shape index (κ3) is 4.29. The van der Waals surface area contributed by atoms with E-state index in [1.807, 2.05) is 0 Å². The van der Waals surface area contributed by atoms with Crippen molar-refractivity contribution in [3.8, 4) is 0 Å². The predicted octanol–water partition coefficient (Wildman–Crippen LogP) is 1.88. The Morgan fingerprint density at radius 2 is 1.89 bits per heavy atom. The van der Waals surface area contributed by atoms with Crippen LogP contribution in [0.4, 0.5) is 18.0 Å². The third-order valence-corrected chi connectivity index (χ3v) is 3.13. The number of alkyl halides is 3. The molecule has 1 aliphatic carbocycles. The van der Waals surface area contributed by atoms with Gasteiger partial charge in [0, 0.05) is 6.54 Å². The molecular formula is C11H17F3N2O3. The van der Waals surface area contributed by atoms with E-state index in [-0.39, 0.29) is 6.54 Å². The topological polar surface area (TPSA) is 78.4 Å². The van der Waals surface area contributed by atoms with E-state index < -0.39 is 23.7 Å². The Morgan fingerprint density at radius 1 is 1.32 bits per heavy atom. The highest BCUT2D eigenvalue weighted by Crippen LogP contribution is 2.33. The van der Waals surface area contributed by atoms with Gasteiger partial charge in [-0.15, -0.1) is 0 Å². The first kappa shape index (κ1) is 15.6. The molecular weight excluding hydrogens is 265 g/mol. The lowest BCUT2D eigenvalue weighted by molar-refractivity contribution is -0.203. The predicted molar refractivity (Wildman–Crippen MR) is 60.6 cm³/mol. The molecule has 1 aliphatic rings. The summed E-state index contributed by atoms with van der Waals surface area (Å²) in [6.45, 7) is 0.648. The molecule has 0 heterocycles. The van der Waals surface area contributed by atoms with Crippen molar-refractivity contribution in [3.63, 3.8) is 0 Å². The number of carboxylic acids is 1. The van der Waals surface area contributed by atoms with Gasteiger partial charge in [-0.05, 0) is 25.7 Å². The van der Waals surface area contributed by atoms with E-state index in [4.69, 9.17) is 5.11 Å². The first-order chi connectivity index (χ1) is 8.67. The number of rotatable bonds is 6. The lowest BCUT2D eigenvalue weighted by atomic mass is 10.0. The van der Waals surface area contributed by atoms with Crippen LogP contribution in [-0.2, 0) is 4.79 Å². The van der Waals surface area contributed by atoms with Crippen LogP contribution < -0.4 is 10.6 Å². The van der Waals surface area contributed by atoms with Crippen molar-refractivity contribution in [2.24, 2.45) is 5.92 Å². The summed E-state index contributed by atoms with van der Waals surface area (Å²) in [5.41, 5.74) is -3.28. The van der Waals surface area contributed by atoms with E-state index >= 15 is 0 Å². The van der Waals surface area contributed by atoms with Crippen molar-refractivity contribution < 1.29 is 27.9 Å². The summed E-state index contributed by atoms with van der Waals surface area (Å²) in [7, 11) is 0. The molecule has 0 aliphatic heterocycles. The van der Waals surface area contributed by atoms with Gasteiger partial charge in [-0.25, -0.2) is 9.59 Å². The molecule has 110 valence electrons. The molecule has 5 nitrogen and oxygen atoms in total. The molecule has 0 aromatic rings. The molecule has 1 unspecified atom stereocenters. The van der Waals surface area contributed by atoms with Gasteiger partial charge in [-0.3, -0.25) is 0 Å². The number of carbonyl (C=O) groups excluding carboxylic acids is 1. The van der Waals surface area contributed by atoms with Crippen LogP contribution in [0.25, 0.3) is 0 Å². The van der Waals surface area contributed by atoms with Crippen LogP contribution in [0, 0.1) is 5.92 Å². The molecule has 3 N–H and O–H groups in total. The molecule has 1 rings (SSSR count). The Morgan fingerprint density at radius 3 is 2.32 bits per heavy atom. The summed E-state index contributed by atoms with van der Waals surface area (Å²) in [5, 5.41) is 12.3. The second-order valence-corrected chi connectivity index (χ2v) is 4.89. The highest BCUT2D eigenvalue weighted by atomic mass is 19.4. The zero-order valence-electron chi connectivity index (χ0n) is 10.5. The maximum Gasteiger partial charge on any atom is 0.422 e. The highest BCUT2D eigenvalue weighted by Gasteiger charge is 2.58. The highest BCUT2D eigenvalue weighted by molar-refractivity contribution is 5.86. The fourth-order valence-corrected chi connectivity index (χ4v) is 1.52. The minimum Gasteiger partial charge on any atom is -0.479 e. The lowest BCUT2D eigenvalue weighted by Crippen LogP contribution is -2.63. The molecule has 0 radical (unpaired) electrons. The molecule has 0 saturated heterocycles. The quantitative estimate of drug-likeness (QED) is 0.651. The van der Waals surface area contributed by atoms with Gasteiger partial charge < -0.3 is 15.7 Å². The first-order valence-corrected chi connectivity index (χ1v) is 6.03. The molecule has 19 heavy (non-hydrogen) atoms. The molecule has 0 bridgehead atoms. The van der Waals surface area contributed by atoms with Crippen LogP contribution in [0.3, 0.4) is 0 Å². The summed E-state index contributed by atoms with van der Waals surface area (Å²) in [5.74, 6) is -1.47. The summed E-state index contributed by atoms with van der Waals surface area (Å²) in [4.78, 5) is 22.0. The van der Waals surface area contributed by atoms with Crippen LogP contribution in [0.15, 0.2) is 0 Å². The number of hydrogen-bond donors (Lipinski definition) is 3. The number of hydrogen-bond acceptors (Lipinski definition) is 2. The fraction of sp³-hybridized carbons (Fsp3) is 0.818. The van der Waals surface area contributed by atoms with Crippen molar-refractivity contribution in [2.45, 2.75) is 44.3 Å². The average molecular weight is 282 g/mol. The van der Waals surface area contributed by atoms with Crippen molar-refractivity contribution in [1.29, 1.82) is 0 Å². The number of carbonyl (C=O) groups is 2. The average Bonchev–Trinajstić information content (AvgIpc) is 3.06. The molecule has 8 heteroatoms. The Bertz CT molecular complexity index is 356. The number of halogens is 3. The molecule has 1 saturated carbocycles. The molecule has 0 aromatic heterocycles. The minimum atomic E-state index is -5.07. The largest absolute Gasteiger partial charge is 0.479 e. The van der Waals surface area contributed by atoms with Crippen molar-refractivity contribution in [2.75, 3.05) is 6.54 Å². The Labute approximate surface area is 108 Å². The van der Waals surface area contributed by atoms with Crippen LogP contribution in [0.1, 0.15) is 32.6 Å². The molecule has 0 spiro atoms. The maximum atomic E-state index is 12.6. The smallest absolute Gasteiger partial charge is 0.422 e. The second kappa shape index (κ2) is 5.66. The van der Waals surface area contributed by atoms with Gasteiger partial charge in [0.2, 0.25) is 5.54 Å². The molecule has 1 atom stereocenters. The van der Waals surface area contributed by atoms with E-state index in [2.05, 4.69) is 5.32 Å². The Balaban J connectivity index is 2.40. The number of aliphatic carboxylic acids is 1. The van der Waals surface area contributed by atoms with Crippen molar-refractivity contribution in [1.82, 2.24) is 10.6 Å². The van der Waals surface area contributed by atoms with Gasteiger partial charge in [-0.2, -0.15) is 13.2 Å². The standard InChI is InChI=1S/C11H17F3N2O3/c1-10(8(17)18,11(12,13)14)16-9(19)15-6-2-3-7-4-5-7/h7H,2-6H2,1H3,(H,17,18)(H2,15,16,19). The SMILES string of the molecule is CC(NC(=O)NCCCC1CC1)(C(=O)O)C(F)(F)F. The third-order valence-electron chi connectivity index (χ3n) is 3.13. The van der Waals surface area contributed by atoms with Crippen molar-refractivity contribution in [3.05, 3.63) is 0 Å². The minimum absolute atomic E-state index is 0.232. The van der Waals surface area contributed by atoms with Crippen molar-refractivity contribution >= 4 is 12.0 Å². The van der Waals surface area contributed by atoms with E-state index in [1.54, 1.807) is 0 Å². The first-order valence-electron chi connectivity index (χ1n) is 6.03. The van der Waals surface area contributed by atoms with Crippen LogP contribution in [0.5, 0.6) is 0 Å². The summed E-state index contributed by atoms with van der Waals surface area (Å²) in [6.07, 6.45) is -1.14. The Hall–Kier alpha value is -1.47. The zero-order chi connectivity index (χ0) is 14.7. The Kier molecular flexibility index (Phi) is 4.65. The fourth-order valence-electron chi connectivity index (χ4n) is 1.52. The summed E-state index contributed by atoms with van der Waals surface area (Å²) < 4.78 is 37.8. The van der Waals surface area contributed by atoms with Crippen LogP contribution >= 0.6 is 0 Å². The van der Waals surface area contributed by atoms with Gasteiger partial charge in [0.05, 0.1) is 0 Å². The molecule has 2 amide bonds. The van der Waals surface area contributed by atoms with Gasteiger partial charge in [-0.1, -0.05) is 12.8 Å². The number of nitrogens with one attached hydrogen (secondary N) is 2. The second-order valence-electron chi connectivity index (χ2n) is 4.89. The number of amides is 2. The van der Waals surface area contributed by atoms with Gasteiger partial charge in [0.15, 0.2) is 0 Å². The van der Waals surface area contributed by atoms with Crippen LogP contribution in [0.2, 0.25) is 0 Å². The molecule has 0 aromatic carbocycles. The number of carboxylic acid groups (broad SMARTS) is 1. The van der Waals surface area contributed by atoms with E-state index in [1.165, 1.54) is 5.32 Å². The van der Waals surface area contributed by atoms with E-state index in [9.17, 15) is 22.8 Å². The maximum absolute atomic E-state index is 12.6. The summed E-state index contributed by atoms with van der Waals surface area (Å²) >= 11 is 0. The lowest BCUT2D eigenvalue weighted by Gasteiger charge is -2.28. The normalized spacial score (nSPS) is 18.5. The van der Waals surface area contributed by atoms with Gasteiger partial charge >= 0.3 is 18.2 Å².